The Morgan fingerprint density at radius 3 is 2.60 bits per heavy atom. The number of nitrogens with one attached hydrogen (secondary N) is 1. The van der Waals surface area contributed by atoms with Crippen molar-refractivity contribution in [1.29, 1.82) is 5.26 Å². The minimum atomic E-state index is -4.87. The Morgan fingerprint density at radius 2 is 1.97 bits per heavy atom. The zero-order valence-electron chi connectivity index (χ0n) is 18.1. The number of nitrogens with zero attached hydrogens (tertiary/aromatic N) is 4. The smallest absolute Gasteiger partial charge is 0.340 e. The lowest BCUT2D eigenvalue weighted by molar-refractivity contribution is -0.0619. The number of aromatic nitrogens is 3. The number of aliphatic hydroxyl groups is 2. The Labute approximate surface area is 204 Å². The molecule has 14 nitrogen and oxygen atoms in total. The SMILES string of the molecule is N#C[C@@]1(c2ccc3c(NC4CCCC4)nc(Cl)nn23)O[C@H](COP(=O)(O)CP(=O)(O)O)[C@@H](O)[C@H]1O. The van der Waals surface area contributed by atoms with Crippen LogP contribution < -0.4 is 5.32 Å². The lowest BCUT2D eigenvalue weighted by Crippen LogP contribution is -2.41. The summed E-state index contributed by atoms with van der Waals surface area (Å²) in [5.41, 5.74) is -1.71. The first kappa shape index (κ1) is 26.4. The molecule has 2 aromatic rings. The molecule has 1 unspecified atom stereocenters. The van der Waals surface area contributed by atoms with Gasteiger partial charge < -0.3 is 39.5 Å². The summed E-state index contributed by atoms with van der Waals surface area (Å²) in [5, 5.41) is 38.6. The van der Waals surface area contributed by atoms with Gasteiger partial charge in [0.2, 0.25) is 10.9 Å². The van der Waals surface area contributed by atoms with Gasteiger partial charge in [-0.25, -0.2) is 4.52 Å². The van der Waals surface area contributed by atoms with Gasteiger partial charge in [0.15, 0.2) is 11.7 Å². The summed E-state index contributed by atoms with van der Waals surface area (Å²) in [6.07, 6.45) is -1.01. The van der Waals surface area contributed by atoms with E-state index in [2.05, 4.69) is 15.4 Å². The average Bonchev–Trinajstić information content (AvgIpc) is 3.46. The molecule has 1 aliphatic heterocycles. The van der Waals surface area contributed by atoms with Gasteiger partial charge in [0.1, 0.15) is 29.9 Å². The third-order valence-corrected chi connectivity index (χ3v) is 9.61. The molecule has 35 heavy (non-hydrogen) atoms. The summed E-state index contributed by atoms with van der Waals surface area (Å²) in [4.78, 5) is 31.8. The van der Waals surface area contributed by atoms with Crippen molar-refractivity contribution in [3.8, 4) is 6.07 Å². The number of ether oxygens (including phenoxy) is 1. The first-order valence-electron chi connectivity index (χ1n) is 10.6. The van der Waals surface area contributed by atoms with Crippen molar-refractivity contribution in [2.24, 2.45) is 0 Å². The van der Waals surface area contributed by atoms with Crippen LogP contribution in [-0.4, -0.2) is 76.4 Å². The number of nitriles is 1. The number of anilines is 1. The third kappa shape index (κ3) is 5.40. The van der Waals surface area contributed by atoms with E-state index < -0.39 is 51.6 Å². The molecule has 3 heterocycles. The fourth-order valence-corrected chi connectivity index (χ4v) is 7.13. The molecule has 4 rings (SSSR count). The van der Waals surface area contributed by atoms with E-state index in [0.29, 0.717) is 11.3 Å². The molecule has 1 saturated heterocycles. The lowest BCUT2D eigenvalue weighted by atomic mass is 9.92. The van der Waals surface area contributed by atoms with Crippen LogP contribution in [0.4, 0.5) is 5.82 Å². The van der Waals surface area contributed by atoms with E-state index in [1.807, 2.05) is 6.07 Å². The van der Waals surface area contributed by atoms with Crippen molar-refractivity contribution >= 4 is 38.1 Å². The summed E-state index contributed by atoms with van der Waals surface area (Å²) in [7, 11) is -9.63. The van der Waals surface area contributed by atoms with Crippen molar-refractivity contribution in [2.45, 2.75) is 55.6 Å². The van der Waals surface area contributed by atoms with Crippen LogP contribution in [-0.2, 0) is 24.0 Å². The molecule has 1 aliphatic carbocycles. The van der Waals surface area contributed by atoms with Gasteiger partial charge in [-0.15, -0.1) is 5.10 Å². The molecule has 192 valence electrons. The second-order valence-electron chi connectivity index (χ2n) is 8.55. The standard InChI is InChI=1S/C18H24ClN5O9P2/c19-17-22-16(21-10-3-1-2-4-10)11-5-6-13(24(11)23-17)18(8-20)15(26)14(25)12(33-18)7-32-35(30,31)9-34(27,28)29/h5-6,10,12,14-15,25-26H,1-4,7,9H2,(H,30,31)(H,21,22,23)(H2,27,28,29)/t12-,14-,15-,18+/m1/s1. The fraction of sp³-hybridized carbons (Fsp3) is 0.611. The van der Waals surface area contributed by atoms with Crippen molar-refractivity contribution in [2.75, 3.05) is 17.8 Å². The minimum absolute atomic E-state index is 0.0187. The Bertz CT molecular complexity index is 1240. The molecule has 2 aliphatic rings. The first-order chi connectivity index (χ1) is 16.3. The van der Waals surface area contributed by atoms with Crippen LogP contribution >= 0.6 is 26.8 Å². The normalized spacial score (nSPS) is 29.3. The maximum atomic E-state index is 12.0. The van der Waals surface area contributed by atoms with Gasteiger partial charge in [0.25, 0.3) is 0 Å². The molecule has 0 spiro atoms. The van der Waals surface area contributed by atoms with Crippen LogP contribution in [0.15, 0.2) is 12.1 Å². The van der Waals surface area contributed by atoms with Crippen molar-refractivity contribution < 1.29 is 43.3 Å². The second-order valence-corrected chi connectivity index (χ2v) is 12.9. The molecular weight excluding hydrogens is 528 g/mol. The molecule has 2 fully saturated rings. The molecule has 6 N–H and O–H groups in total. The Hall–Kier alpha value is -1.62. The predicted octanol–water partition coefficient (Wildman–Crippen LogP) is 0.914. The summed E-state index contributed by atoms with van der Waals surface area (Å²) in [6, 6.07) is 5.07. The number of halogens is 1. The molecule has 0 amide bonds. The number of fused-ring (bicyclic) bond motifs is 1. The Morgan fingerprint density at radius 1 is 1.29 bits per heavy atom. The highest BCUT2D eigenvalue weighted by atomic mass is 35.5. The quantitative estimate of drug-likeness (QED) is 0.251. The van der Waals surface area contributed by atoms with Gasteiger partial charge in [0, 0.05) is 6.04 Å². The van der Waals surface area contributed by atoms with E-state index in [4.69, 9.17) is 30.6 Å². The van der Waals surface area contributed by atoms with Gasteiger partial charge in [0.05, 0.1) is 12.3 Å². The molecular formula is C18H24ClN5O9P2. The molecule has 17 heteroatoms. The topological polar surface area (TPSA) is 220 Å². The fourth-order valence-electron chi connectivity index (χ4n) is 4.40. The number of rotatable bonds is 8. The van der Waals surface area contributed by atoms with Crippen molar-refractivity contribution in [3.05, 3.63) is 23.1 Å². The van der Waals surface area contributed by atoms with E-state index in [-0.39, 0.29) is 17.0 Å². The minimum Gasteiger partial charge on any atom is -0.387 e. The van der Waals surface area contributed by atoms with Crippen LogP contribution in [0.1, 0.15) is 31.4 Å². The first-order valence-corrected chi connectivity index (χ1v) is 14.6. The third-order valence-electron chi connectivity index (χ3n) is 5.99. The van der Waals surface area contributed by atoms with Crippen LogP contribution in [0.2, 0.25) is 5.28 Å². The zero-order chi connectivity index (χ0) is 25.6. The predicted molar refractivity (Wildman–Crippen MR) is 121 cm³/mol. The van der Waals surface area contributed by atoms with Gasteiger partial charge in [-0.05, 0) is 36.6 Å². The van der Waals surface area contributed by atoms with Gasteiger partial charge in [-0.2, -0.15) is 10.2 Å². The second kappa shape index (κ2) is 9.68. The van der Waals surface area contributed by atoms with Crippen LogP contribution in [0.3, 0.4) is 0 Å². The zero-order valence-corrected chi connectivity index (χ0v) is 20.7. The monoisotopic (exact) mass is 551 g/mol. The number of hydrogen-bond donors (Lipinski definition) is 6. The highest BCUT2D eigenvalue weighted by Crippen LogP contribution is 2.55. The molecule has 5 atom stereocenters. The summed E-state index contributed by atoms with van der Waals surface area (Å²) in [5.74, 6) is -1.02. The molecule has 0 bridgehead atoms. The largest absolute Gasteiger partial charge is 0.387 e. The molecule has 1 saturated carbocycles. The maximum absolute atomic E-state index is 12.0. The highest BCUT2D eigenvalue weighted by Gasteiger charge is 2.58. The number of aliphatic hydroxyl groups excluding tert-OH is 2. The maximum Gasteiger partial charge on any atom is 0.340 e. The average molecular weight is 552 g/mol. The Balaban J connectivity index is 1.63. The van der Waals surface area contributed by atoms with Crippen LogP contribution in [0.25, 0.3) is 5.52 Å². The van der Waals surface area contributed by atoms with Gasteiger partial charge >= 0.3 is 15.2 Å². The number of hydrogen-bond acceptors (Lipinski definition) is 10. The van der Waals surface area contributed by atoms with Crippen LogP contribution in [0.5, 0.6) is 0 Å². The van der Waals surface area contributed by atoms with Crippen molar-refractivity contribution in [1.82, 2.24) is 14.6 Å². The van der Waals surface area contributed by atoms with Crippen LogP contribution in [0, 0.1) is 11.3 Å². The summed E-state index contributed by atoms with van der Waals surface area (Å²) in [6.45, 7) is -0.830. The van der Waals surface area contributed by atoms with E-state index in [0.717, 1.165) is 25.7 Å². The molecule has 0 aromatic carbocycles. The van der Waals surface area contributed by atoms with E-state index in [1.54, 1.807) is 6.07 Å². The van der Waals surface area contributed by atoms with E-state index in [9.17, 15) is 29.5 Å². The molecule has 0 radical (unpaired) electrons. The lowest BCUT2D eigenvalue weighted by Gasteiger charge is -2.24. The summed E-state index contributed by atoms with van der Waals surface area (Å²) >= 11 is 6.12. The van der Waals surface area contributed by atoms with Gasteiger partial charge in [-0.1, -0.05) is 12.8 Å². The van der Waals surface area contributed by atoms with E-state index in [1.165, 1.54) is 10.6 Å². The highest BCUT2D eigenvalue weighted by molar-refractivity contribution is 7.70. The Kier molecular flexibility index (Phi) is 7.32. The van der Waals surface area contributed by atoms with E-state index >= 15 is 0 Å². The van der Waals surface area contributed by atoms with Gasteiger partial charge in [-0.3, -0.25) is 9.13 Å². The molecule has 2 aromatic heterocycles. The summed E-state index contributed by atoms with van der Waals surface area (Å²) < 4.78 is 34.6. The van der Waals surface area contributed by atoms with Crippen molar-refractivity contribution in [3.63, 3.8) is 0 Å².